The number of ether oxygens (including phenoxy) is 4. The smallest absolute Gasteiger partial charge is 0.460 e. The van der Waals surface area contributed by atoms with Crippen LogP contribution in [0.4, 0.5) is 15.3 Å². The molecule has 0 aliphatic rings. The number of amides is 1. The Morgan fingerprint density at radius 2 is 1.76 bits per heavy atom. The quantitative estimate of drug-likeness (QED) is 0.131. The van der Waals surface area contributed by atoms with E-state index in [4.69, 9.17) is 18.9 Å². The number of nitrogens with zero attached hydrogens (tertiary/aromatic N) is 1. The number of alkyl carbamates (subject to hydrolysis) is 1. The zero-order valence-corrected chi connectivity index (χ0v) is 21.0. The number of benzene rings is 2. The van der Waals surface area contributed by atoms with Gasteiger partial charge in [0.1, 0.15) is 29.7 Å². The largest absolute Gasteiger partial charge is 0.519 e. The summed E-state index contributed by atoms with van der Waals surface area (Å²) in [5.41, 5.74) is 0.400. The zero-order chi connectivity index (χ0) is 27.9. The minimum absolute atomic E-state index is 0.0337. The number of rotatable bonds is 9. The maximum Gasteiger partial charge on any atom is 0.519 e. The maximum atomic E-state index is 12.6. The molecule has 2 aromatic carbocycles. The van der Waals surface area contributed by atoms with Crippen molar-refractivity contribution < 1.29 is 38.3 Å². The number of nitro benzene ring substituents is 1. The molecule has 0 bridgehead atoms. The van der Waals surface area contributed by atoms with E-state index in [1.807, 2.05) is 0 Å². The molecule has 1 amide bonds. The summed E-state index contributed by atoms with van der Waals surface area (Å²) in [5.74, 6) is -0.460. The summed E-state index contributed by atoms with van der Waals surface area (Å²) in [6.45, 7) is 8.58. The molecule has 2 N–H and O–H groups in total. The van der Waals surface area contributed by atoms with Crippen LogP contribution >= 0.6 is 0 Å². The van der Waals surface area contributed by atoms with Gasteiger partial charge in [-0.05, 0) is 56.7 Å². The first kappa shape index (κ1) is 27.7. The summed E-state index contributed by atoms with van der Waals surface area (Å²) in [5, 5.41) is 13.9. The molecule has 200 valence electrons. The van der Waals surface area contributed by atoms with E-state index in [9.17, 15) is 24.5 Å². The van der Waals surface area contributed by atoms with Gasteiger partial charge in [0.15, 0.2) is 0 Å². The minimum atomic E-state index is -1.07. The van der Waals surface area contributed by atoms with E-state index in [1.165, 1.54) is 36.4 Å². The summed E-state index contributed by atoms with van der Waals surface area (Å²) in [4.78, 5) is 50.5. The fourth-order valence-corrected chi connectivity index (χ4v) is 3.34. The highest BCUT2D eigenvalue weighted by atomic mass is 16.7. The number of hydrogen-bond acceptors (Lipinski definition) is 9. The van der Waals surface area contributed by atoms with Crippen LogP contribution in [0, 0.1) is 10.1 Å². The summed E-state index contributed by atoms with van der Waals surface area (Å²) in [6, 6.07) is 8.64. The molecule has 38 heavy (non-hydrogen) atoms. The van der Waals surface area contributed by atoms with E-state index in [-0.39, 0.29) is 30.2 Å². The van der Waals surface area contributed by atoms with Crippen LogP contribution in [0.2, 0.25) is 0 Å². The number of H-pyrrole nitrogens is 1. The summed E-state index contributed by atoms with van der Waals surface area (Å²) >= 11 is 0. The molecule has 0 fully saturated rings. The van der Waals surface area contributed by atoms with Gasteiger partial charge in [0.25, 0.3) is 5.69 Å². The number of carbonyl (C=O) groups excluding carboxylic acids is 3. The molecule has 0 spiro atoms. The first-order valence-electron chi connectivity index (χ1n) is 11.5. The van der Waals surface area contributed by atoms with Gasteiger partial charge in [-0.25, -0.2) is 14.4 Å². The number of nitro groups is 1. The molecule has 3 rings (SSSR count). The Kier molecular flexibility index (Phi) is 8.69. The lowest BCUT2D eigenvalue weighted by atomic mass is 10.0. The van der Waals surface area contributed by atoms with Crippen LogP contribution in [-0.2, 0) is 20.7 Å². The number of aromatic amines is 1. The second kappa shape index (κ2) is 11.9. The van der Waals surface area contributed by atoms with Crippen LogP contribution in [0.5, 0.6) is 11.5 Å². The van der Waals surface area contributed by atoms with Gasteiger partial charge in [-0.3, -0.25) is 10.1 Å². The lowest BCUT2D eigenvalue weighted by Gasteiger charge is -2.22. The molecule has 0 saturated heterocycles. The molecule has 12 heteroatoms. The molecule has 12 nitrogen and oxygen atoms in total. The van der Waals surface area contributed by atoms with E-state index < -0.39 is 34.8 Å². The highest BCUT2D eigenvalue weighted by molar-refractivity contribution is 5.87. The number of fused-ring (bicyclic) bond motifs is 1. The Bertz CT molecular complexity index is 1340. The van der Waals surface area contributed by atoms with Crippen LogP contribution in [0.1, 0.15) is 26.3 Å². The second-order valence-electron chi connectivity index (χ2n) is 9.05. The lowest BCUT2D eigenvalue weighted by molar-refractivity contribution is -0.384. The SMILES string of the molecule is C=CCOC(=O)[C@H](Cc1c[nH]c2ccc(OC(=O)Oc3ccc([N+](=O)[O-])cc3)cc12)NC(=O)OC(C)(C)C. The predicted molar refractivity (Wildman–Crippen MR) is 136 cm³/mol. The van der Waals surface area contributed by atoms with Crippen LogP contribution in [-0.4, -0.2) is 46.4 Å². The van der Waals surface area contributed by atoms with Crippen molar-refractivity contribution in [3.8, 4) is 11.5 Å². The van der Waals surface area contributed by atoms with Gasteiger partial charge in [-0.1, -0.05) is 12.7 Å². The van der Waals surface area contributed by atoms with E-state index in [2.05, 4.69) is 16.9 Å². The highest BCUT2D eigenvalue weighted by Crippen LogP contribution is 2.26. The molecule has 1 heterocycles. The molecule has 0 saturated carbocycles. The predicted octanol–water partition coefficient (Wildman–Crippen LogP) is 4.82. The summed E-state index contributed by atoms with van der Waals surface area (Å²) in [7, 11) is 0. The molecule has 0 unspecified atom stereocenters. The average molecular weight is 526 g/mol. The Morgan fingerprint density at radius 3 is 2.39 bits per heavy atom. The van der Waals surface area contributed by atoms with Crippen molar-refractivity contribution in [3.05, 3.63) is 77.0 Å². The van der Waals surface area contributed by atoms with Gasteiger partial charge >= 0.3 is 18.2 Å². The third kappa shape index (κ3) is 7.82. The Morgan fingerprint density at radius 1 is 1.11 bits per heavy atom. The molecule has 1 aromatic heterocycles. The minimum Gasteiger partial charge on any atom is -0.460 e. The number of non-ortho nitro benzene ring substituents is 1. The number of esters is 1. The molecular weight excluding hydrogens is 498 g/mol. The average Bonchev–Trinajstić information content (AvgIpc) is 3.23. The second-order valence-corrected chi connectivity index (χ2v) is 9.05. The van der Waals surface area contributed by atoms with E-state index >= 15 is 0 Å². The lowest BCUT2D eigenvalue weighted by Crippen LogP contribution is -2.45. The maximum absolute atomic E-state index is 12.6. The molecule has 1 atom stereocenters. The zero-order valence-electron chi connectivity index (χ0n) is 21.0. The van der Waals surface area contributed by atoms with Crippen molar-refractivity contribution in [2.75, 3.05) is 6.61 Å². The topological polar surface area (TPSA) is 159 Å². The van der Waals surface area contributed by atoms with Crippen molar-refractivity contribution in [2.24, 2.45) is 0 Å². The van der Waals surface area contributed by atoms with Crippen molar-refractivity contribution in [1.29, 1.82) is 0 Å². The van der Waals surface area contributed by atoms with E-state index in [1.54, 1.807) is 39.1 Å². The normalized spacial score (nSPS) is 11.8. The third-order valence-corrected chi connectivity index (χ3v) is 4.93. The Hall–Kier alpha value is -4.87. The fourth-order valence-electron chi connectivity index (χ4n) is 3.34. The standard InChI is InChI=1S/C26H27N3O9/c1-5-12-35-23(30)22(28-24(31)38-26(2,3)4)13-16-15-27-21-11-10-19(14-20(16)21)37-25(32)36-18-8-6-17(7-9-18)29(33)34/h5-11,14-15,22,27H,1,12-13H2,2-4H3,(H,28,31)/t22-/m0/s1. The van der Waals surface area contributed by atoms with Crippen molar-refractivity contribution >= 4 is 34.8 Å². The van der Waals surface area contributed by atoms with Crippen molar-refractivity contribution in [3.63, 3.8) is 0 Å². The first-order chi connectivity index (χ1) is 17.9. The van der Waals surface area contributed by atoms with E-state index in [0.29, 0.717) is 16.5 Å². The van der Waals surface area contributed by atoms with Crippen LogP contribution in [0.25, 0.3) is 10.9 Å². The third-order valence-electron chi connectivity index (χ3n) is 4.93. The molecule has 0 aliphatic heterocycles. The number of aromatic nitrogens is 1. The summed E-state index contributed by atoms with van der Waals surface area (Å²) < 4.78 is 20.7. The van der Waals surface area contributed by atoms with Gasteiger partial charge < -0.3 is 29.2 Å². The number of hydrogen-bond donors (Lipinski definition) is 2. The van der Waals surface area contributed by atoms with Crippen LogP contribution < -0.4 is 14.8 Å². The van der Waals surface area contributed by atoms with Gasteiger partial charge in [-0.15, -0.1) is 0 Å². The Labute approximate surface area is 217 Å². The molecule has 3 aromatic rings. The molecule has 0 aliphatic carbocycles. The van der Waals surface area contributed by atoms with Crippen molar-refractivity contribution in [2.45, 2.75) is 38.8 Å². The number of carbonyl (C=O) groups is 3. The molecule has 0 radical (unpaired) electrons. The molecular formula is C26H27N3O9. The summed E-state index contributed by atoms with van der Waals surface area (Å²) in [6.07, 6.45) is 1.29. The monoisotopic (exact) mass is 525 g/mol. The first-order valence-corrected chi connectivity index (χ1v) is 11.5. The van der Waals surface area contributed by atoms with Crippen LogP contribution in [0.15, 0.2) is 61.3 Å². The fraction of sp³-hybridized carbons (Fsp3) is 0.269. The van der Waals surface area contributed by atoms with Gasteiger partial charge in [-0.2, -0.15) is 0 Å². The number of nitrogens with one attached hydrogen (secondary N) is 2. The van der Waals surface area contributed by atoms with Crippen molar-refractivity contribution in [1.82, 2.24) is 10.3 Å². The van der Waals surface area contributed by atoms with E-state index in [0.717, 1.165) is 0 Å². The van der Waals surface area contributed by atoms with Crippen LogP contribution in [0.3, 0.4) is 0 Å². The highest BCUT2D eigenvalue weighted by Gasteiger charge is 2.27. The van der Waals surface area contributed by atoms with Gasteiger partial charge in [0, 0.05) is 35.7 Å². The van der Waals surface area contributed by atoms with Gasteiger partial charge in [0.2, 0.25) is 0 Å². The van der Waals surface area contributed by atoms with Gasteiger partial charge in [0.05, 0.1) is 4.92 Å². The Balaban J connectivity index is 1.75.